The number of fused-ring (bicyclic) bond motifs is 2. The first-order valence-electron chi connectivity index (χ1n) is 13.3. The average molecular weight is 654 g/mol. The van der Waals surface area contributed by atoms with E-state index in [9.17, 15) is 21.6 Å². The largest absolute Gasteiger partial charge is 0.497 e. The number of nitrogens with two attached hydrogens (primary N) is 1. The van der Waals surface area contributed by atoms with Crippen LogP contribution >= 0.6 is 11.6 Å². The molecule has 0 radical (unpaired) electrons. The van der Waals surface area contributed by atoms with Gasteiger partial charge < -0.3 is 15.2 Å². The second-order valence-electron chi connectivity index (χ2n) is 10.0. The van der Waals surface area contributed by atoms with E-state index < -0.39 is 27.6 Å². The average Bonchev–Trinajstić information content (AvgIpc) is 3.40. The van der Waals surface area contributed by atoms with Crippen LogP contribution in [0.1, 0.15) is 16.8 Å². The fourth-order valence-electron chi connectivity index (χ4n) is 4.90. The molecule has 14 heteroatoms. The van der Waals surface area contributed by atoms with Crippen molar-refractivity contribution in [1.29, 1.82) is 0 Å². The molecule has 0 spiro atoms. The molecule has 0 fully saturated rings. The quantitative estimate of drug-likeness (QED) is 0.177. The van der Waals surface area contributed by atoms with E-state index in [-0.39, 0.29) is 40.0 Å². The molecule has 6 rings (SSSR count). The van der Waals surface area contributed by atoms with Crippen LogP contribution in [0.5, 0.6) is 11.5 Å². The summed E-state index contributed by atoms with van der Waals surface area (Å²) in [5.74, 6) is -0.277. The molecule has 0 aliphatic heterocycles. The zero-order valence-electron chi connectivity index (χ0n) is 23.4. The Hall–Kier alpha value is -4.88. The molecule has 0 bridgehead atoms. The first-order valence-corrected chi connectivity index (χ1v) is 15.3. The molecule has 0 saturated carbocycles. The van der Waals surface area contributed by atoms with Gasteiger partial charge in [0.15, 0.2) is 17.1 Å². The van der Waals surface area contributed by atoms with Crippen molar-refractivity contribution in [1.82, 2.24) is 18.9 Å². The van der Waals surface area contributed by atoms with Crippen LogP contribution in [0.15, 0.2) is 85.1 Å². The highest BCUT2D eigenvalue weighted by molar-refractivity contribution is 7.89. The maximum Gasteiger partial charge on any atom is 0.437 e. The number of pyridine rings is 1. The van der Waals surface area contributed by atoms with Gasteiger partial charge in [-0.25, -0.2) is 22.4 Å². The number of nitrogens with zero attached hydrogens (tertiary/aromatic N) is 4. The van der Waals surface area contributed by atoms with Gasteiger partial charge in [-0.1, -0.05) is 48.5 Å². The Morgan fingerprint density at radius 2 is 1.67 bits per heavy atom. The van der Waals surface area contributed by atoms with Gasteiger partial charge in [-0.2, -0.15) is 18.2 Å². The van der Waals surface area contributed by atoms with Crippen LogP contribution in [-0.4, -0.2) is 34.5 Å². The van der Waals surface area contributed by atoms with Gasteiger partial charge in [0.25, 0.3) is 0 Å². The molecule has 9 nitrogen and oxygen atoms in total. The van der Waals surface area contributed by atoms with E-state index in [0.717, 1.165) is 3.97 Å². The summed E-state index contributed by atoms with van der Waals surface area (Å²) in [4.78, 5) is 12.0. The number of alkyl halides is 3. The van der Waals surface area contributed by atoms with Crippen molar-refractivity contribution in [2.45, 2.75) is 18.5 Å². The van der Waals surface area contributed by atoms with Gasteiger partial charge in [0.05, 0.1) is 23.8 Å². The molecule has 0 atom stereocenters. The lowest BCUT2D eigenvalue weighted by atomic mass is 10.0. The molecule has 0 amide bonds. The van der Waals surface area contributed by atoms with Crippen LogP contribution in [-0.2, 0) is 28.6 Å². The van der Waals surface area contributed by atoms with Crippen molar-refractivity contribution < 1.29 is 31.1 Å². The Bertz CT molecular complexity index is 2160. The minimum absolute atomic E-state index is 0.0346. The molecule has 230 valence electrons. The molecule has 6 aromatic rings. The smallest absolute Gasteiger partial charge is 0.437 e. The Labute approximate surface area is 260 Å². The van der Waals surface area contributed by atoms with Crippen molar-refractivity contribution >= 4 is 49.4 Å². The van der Waals surface area contributed by atoms with E-state index in [2.05, 4.69) is 15.0 Å². The maximum absolute atomic E-state index is 14.0. The number of aromatic nitrogens is 4. The van der Waals surface area contributed by atoms with Crippen LogP contribution < -0.4 is 15.2 Å². The molecule has 2 N–H and O–H groups in total. The van der Waals surface area contributed by atoms with Crippen molar-refractivity contribution in [3.05, 3.63) is 107 Å². The second-order valence-corrected chi connectivity index (χ2v) is 12.2. The Morgan fingerprint density at radius 3 is 2.36 bits per heavy atom. The molecule has 45 heavy (non-hydrogen) atoms. The van der Waals surface area contributed by atoms with Gasteiger partial charge in [0.1, 0.15) is 18.2 Å². The summed E-state index contributed by atoms with van der Waals surface area (Å²) >= 11 is 6.07. The summed E-state index contributed by atoms with van der Waals surface area (Å²) in [5.41, 5.74) is 6.99. The lowest BCUT2D eigenvalue weighted by Gasteiger charge is -2.15. The van der Waals surface area contributed by atoms with Crippen molar-refractivity contribution in [2.24, 2.45) is 0 Å². The first-order chi connectivity index (χ1) is 21.4. The van der Waals surface area contributed by atoms with E-state index in [4.69, 9.17) is 26.8 Å². The minimum atomic E-state index is -4.78. The Kier molecular flexibility index (Phi) is 7.75. The number of ether oxygens (including phenoxy) is 2. The van der Waals surface area contributed by atoms with E-state index in [1.165, 1.54) is 31.5 Å². The molecular weight excluding hydrogens is 631 g/mol. The third kappa shape index (κ3) is 6.08. The molecule has 3 heterocycles. The number of hydrogen-bond donors (Lipinski definition) is 1. The SMILES string of the molecule is COc1ccc(COc2cc3cc(-c4cn(S(=O)(=O)Cc5ccccc5)c5nc(Cl)nc(N)c45)ccc3nc2C(F)(F)F)cc1. The molecule has 3 aromatic carbocycles. The lowest BCUT2D eigenvalue weighted by Crippen LogP contribution is -2.15. The molecule has 0 unspecified atom stereocenters. The third-order valence-electron chi connectivity index (χ3n) is 7.02. The van der Waals surface area contributed by atoms with Crippen molar-refractivity contribution in [2.75, 3.05) is 12.8 Å². The minimum Gasteiger partial charge on any atom is -0.497 e. The highest BCUT2D eigenvalue weighted by atomic mass is 35.5. The van der Waals surface area contributed by atoms with Gasteiger partial charge >= 0.3 is 6.18 Å². The summed E-state index contributed by atoms with van der Waals surface area (Å²) < 4.78 is 80.9. The summed E-state index contributed by atoms with van der Waals surface area (Å²) in [5, 5.41) is 0.278. The van der Waals surface area contributed by atoms with Crippen molar-refractivity contribution in [3.63, 3.8) is 0 Å². The number of rotatable bonds is 8. The second kappa shape index (κ2) is 11.6. The van der Waals surface area contributed by atoms with E-state index in [1.54, 1.807) is 60.7 Å². The van der Waals surface area contributed by atoms with Crippen LogP contribution in [0.3, 0.4) is 0 Å². The zero-order chi connectivity index (χ0) is 31.9. The molecule has 0 aliphatic rings. The normalized spacial score (nSPS) is 12.1. The number of hydrogen-bond acceptors (Lipinski definition) is 8. The predicted molar refractivity (Wildman–Crippen MR) is 164 cm³/mol. The lowest BCUT2D eigenvalue weighted by molar-refractivity contribution is -0.142. The summed E-state index contributed by atoms with van der Waals surface area (Å²) in [6, 6.07) is 21.0. The number of benzene rings is 3. The summed E-state index contributed by atoms with van der Waals surface area (Å²) in [6.45, 7) is -0.151. The standard InChI is InChI=1S/C31H23ClF3N5O4S/c1-43-22-10-7-18(8-11-22)16-44-25-14-21-13-20(9-12-24(21)37-27(25)31(33,34)35)23-15-40(29-26(23)28(36)38-30(32)39-29)45(41,42)17-19-5-3-2-4-6-19/h2-15H,16-17H2,1H3,(H2,36,38,39). The van der Waals surface area contributed by atoms with Crippen LogP contribution in [0.2, 0.25) is 5.28 Å². The van der Waals surface area contributed by atoms with Gasteiger partial charge in [-0.3, -0.25) is 0 Å². The van der Waals surface area contributed by atoms with Crippen molar-refractivity contribution in [3.8, 4) is 22.6 Å². The number of halogens is 4. The highest BCUT2D eigenvalue weighted by Crippen LogP contribution is 2.40. The fourth-order valence-corrected chi connectivity index (χ4v) is 6.49. The molecular formula is C31H23ClF3N5O4S. The Morgan fingerprint density at radius 1 is 0.933 bits per heavy atom. The highest BCUT2D eigenvalue weighted by Gasteiger charge is 2.37. The zero-order valence-corrected chi connectivity index (χ0v) is 25.0. The van der Waals surface area contributed by atoms with Gasteiger partial charge in [0, 0.05) is 17.1 Å². The third-order valence-corrected chi connectivity index (χ3v) is 8.76. The van der Waals surface area contributed by atoms with E-state index >= 15 is 0 Å². The molecule has 0 aliphatic carbocycles. The topological polar surface area (TPSA) is 122 Å². The van der Waals surface area contributed by atoms with Gasteiger partial charge in [-0.15, -0.1) is 0 Å². The monoisotopic (exact) mass is 653 g/mol. The predicted octanol–water partition coefficient (Wildman–Crippen LogP) is 6.87. The number of methoxy groups -OCH3 is 1. The van der Waals surface area contributed by atoms with Crippen LogP contribution in [0.25, 0.3) is 33.1 Å². The number of anilines is 1. The summed E-state index contributed by atoms with van der Waals surface area (Å²) in [7, 11) is -2.52. The molecule has 0 saturated heterocycles. The first kappa shape index (κ1) is 30.2. The van der Waals surface area contributed by atoms with Crippen LogP contribution in [0, 0.1) is 0 Å². The van der Waals surface area contributed by atoms with Crippen LogP contribution in [0.4, 0.5) is 19.0 Å². The van der Waals surface area contributed by atoms with E-state index in [1.807, 2.05) is 0 Å². The van der Waals surface area contributed by atoms with E-state index in [0.29, 0.717) is 33.4 Å². The number of nitrogen functional groups attached to an aromatic ring is 1. The maximum atomic E-state index is 14.0. The summed E-state index contributed by atoms with van der Waals surface area (Å²) in [6.07, 6.45) is -3.43. The molecule has 3 aromatic heterocycles. The van der Waals surface area contributed by atoms with Gasteiger partial charge in [-0.05, 0) is 58.6 Å². The Balaban J connectivity index is 1.45. The van der Waals surface area contributed by atoms with Gasteiger partial charge in [0.2, 0.25) is 15.3 Å². The fraction of sp³-hybridized carbons (Fsp3) is 0.129.